The maximum Gasteiger partial charge on any atom is 0.225 e. The second kappa shape index (κ2) is 12.3. The van der Waals surface area contributed by atoms with Gasteiger partial charge in [0.2, 0.25) is 5.88 Å². The van der Waals surface area contributed by atoms with Crippen LogP contribution in [0, 0.1) is 0 Å². The molecule has 5 rings (SSSR count). The molecular formula is C27H35ClN4O2S. The molecule has 2 aliphatic rings. The highest BCUT2D eigenvalue weighted by Crippen LogP contribution is 2.30. The summed E-state index contributed by atoms with van der Waals surface area (Å²) in [6, 6.07) is 15.4. The summed E-state index contributed by atoms with van der Waals surface area (Å²) in [5.41, 5.74) is 0.921. The average Bonchev–Trinajstić information content (AvgIpc) is 3.43. The Morgan fingerprint density at radius 1 is 0.971 bits per heavy atom. The van der Waals surface area contributed by atoms with Gasteiger partial charge in [0.25, 0.3) is 0 Å². The number of halogens is 1. The first kappa shape index (κ1) is 26.0. The molecule has 0 radical (unpaired) electrons. The molecule has 0 bridgehead atoms. The summed E-state index contributed by atoms with van der Waals surface area (Å²) in [5.74, 6) is 1.49. The van der Waals surface area contributed by atoms with E-state index in [-0.39, 0.29) is 12.1 Å². The molecular weight excluding hydrogens is 480 g/mol. The van der Waals surface area contributed by atoms with Crippen molar-refractivity contribution >= 4 is 33.5 Å². The van der Waals surface area contributed by atoms with Gasteiger partial charge in [0.15, 0.2) is 0 Å². The van der Waals surface area contributed by atoms with Crippen molar-refractivity contribution in [1.82, 2.24) is 19.2 Å². The van der Waals surface area contributed by atoms with Gasteiger partial charge in [-0.2, -0.15) is 4.98 Å². The average molecular weight is 515 g/mol. The molecule has 1 aliphatic heterocycles. The second-order valence-corrected chi connectivity index (χ2v) is 10.7. The van der Waals surface area contributed by atoms with Crippen molar-refractivity contribution in [1.29, 1.82) is 0 Å². The zero-order chi connectivity index (χ0) is 24.8. The van der Waals surface area contributed by atoms with Gasteiger partial charge in [-0.15, -0.1) is 0 Å². The van der Waals surface area contributed by atoms with Crippen LogP contribution in [-0.4, -0.2) is 55.7 Å². The Hall–Kier alpha value is -2.06. The Morgan fingerprint density at radius 2 is 1.63 bits per heavy atom. The predicted octanol–water partition coefficient (Wildman–Crippen LogP) is 6.03. The number of piperazine rings is 1. The molecule has 3 aromatic rings. The summed E-state index contributed by atoms with van der Waals surface area (Å²) in [6.07, 6.45) is 4.88. The van der Waals surface area contributed by atoms with Crippen LogP contribution >= 0.6 is 11.6 Å². The van der Waals surface area contributed by atoms with Gasteiger partial charge in [-0.25, -0.2) is 13.5 Å². The predicted molar refractivity (Wildman–Crippen MR) is 143 cm³/mol. The molecule has 1 aliphatic carbocycles. The fourth-order valence-corrected chi connectivity index (χ4v) is 5.91. The van der Waals surface area contributed by atoms with Crippen molar-refractivity contribution < 1.29 is 8.95 Å². The quantitative estimate of drug-likeness (QED) is 0.402. The molecule has 188 valence electrons. The Bertz CT molecular complexity index is 1130. The Kier molecular flexibility index (Phi) is 9.11. The van der Waals surface area contributed by atoms with E-state index in [9.17, 15) is 4.21 Å². The van der Waals surface area contributed by atoms with Gasteiger partial charge < -0.3 is 4.74 Å². The maximum atomic E-state index is 12.9. The summed E-state index contributed by atoms with van der Waals surface area (Å²) >= 11 is 5.97. The van der Waals surface area contributed by atoms with E-state index in [0.717, 1.165) is 60.6 Å². The highest BCUT2D eigenvalue weighted by molar-refractivity contribution is 7.82. The van der Waals surface area contributed by atoms with E-state index < -0.39 is 11.0 Å². The standard InChI is InChI=1S/C25H29ClN4O2S.C2H6/c1-18(29-14-16-30(17-15-29)33(31)21-12-10-19(26)11-13-21)24-27-23-9-5-4-8-22(23)25(28-24)32-20-6-2-3-7-20;1-2/h4-5,8-13,18,20H,2-3,6-7,14-17H2,1H3;1-2H3. The number of rotatable bonds is 6. The molecule has 1 aromatic heterocycles. The van der Waals surface area contributed by atoms with Crippen molar-refractivity contribution in [2.45, 2.75) is 63.5 Å². The second-order valence-electron chi connectivity index (χ2n) is 8.77. The maximum absolute atomic E-state index is 12.9. The zero-order valence-corrected chi connectivity index (χ0v) is 22.4. The summed E-state index contributed by atoms with van der Waals surface area (Å²) in [7, 11) is -1.18. The first-order valence-corrected chi connectivity index (χ1v) is 14.2. The Balaban J connectivity index is 0.00000141. The minimum Gasteiger partial charge on any atom is -0.474 e. The lowest BCUT2D eigenvalue weighted by molar-refractivity contribution is 0.142. The largest absolute Gasteiger partial charge is 0.474 e. The van der Waals surface area contributed by atoms with Crippen molar-refractivity contribution in [3.05, 3.63) is 59.4 Å². The smallest absolute Gasteiger partial charge is 0.225 e. The summed E-state index contributed by atoms with van der Waals surface area (Å²) in [4.78, 5) is 12.9. The summed E-state index contributed by atoms with van der Waals surface area (Å²) < 4.78 is 21.3. The summed E-state index contributed by atoms with van der Waals surface area (Å²) in [5, 5.41) is 1.63. The van der Waals surface area contributed by atoms with E-state index in [1.54, 1.807) is 12.1 Å². The first-order chi connectivity index (χ1) is 17.1. The van der Waals surface area contributed by atoms with Crippen LogP contribution < -0.4 is 4.74 Å². The van der Waals surface area contributed by atoms with Gasteiger partial charge in [-0.05, 0) is 69.0 Å². The van der Waals surface area contributed by atoms with Crippen molar-refractivity contribution in [3.63, 3.8) is 0 Å². The van der Waals surface area contributed by atoms with E-state index in [4.69, 9.17) is 26.3 Å². The third-order valence-corrected chi connectivity index (χ3v) is 8.37. The van der Waals surface area contributed by atoms with Crippen molar-refractivity contribution in [2.24, 2.45) is 0 Å². The number of hydrogen-bond donors (Lipinski definition) is 0. The normalized spacial score (nSPS) is 19.2. The lowest BCUT2D eigenvalue weighted by Crippen LogP contribution is -2.47. The SMILES string of the molecule is CC.CC(c1nc(OC2CCCC2)c2ccccc2n1)N1CCN(S(=O)c2ccc(Cl)cc2)CC1. The fraction of sp³-hybridized carbons (Fsp3) is 0.481. The fourth-order valence-electron chi connectivity index (χ4n) is 4.63. The molecule has 2 atom stereocenters. The molecule has 0 spiro atoms. The molecule has 0 amide bonds. The van der Waals surface area contributed by atoms with Gasteiger partial charge in [0.05, 0.1) is 21.8 Å². The number of hydrogen-bond acceptors (Lipinski definition) is 5. The van der Waals surface area contributed by atoms with Gasteiger partial charge in [-0.1, -0.05) is 37.6 Å². The number of ether oxygens (including phenoxy) is 1. The minimum absolute atomic E-state index is 0.0478. The lowest BCUT2D eigenvalue weighted by Gasteiger charge is -2.36. The molecule has 2 heterocycles. The van der Waals surface area contributed by atoms with Gasteiger partial charge in [0.1, 0.15) is 22.9 Å². The number of fused-ring (bicyclic) bond motifs is 1. The van der Waals surface area contributed by atoms with Crippen LogP contribution in [0.15, 0.2) is 53.4 Å². The first-order valence-electron chi connectivity index (χ1n) is 12.7. The van der Waals surface area contributed by atoms with Crippen molar-refractivity contribution in [2.75, 3.05) is 26.2 Å². The van der Waals surface area contributed by atoms with Crippen molar-refractivity contribution in [3.8, 4) is 5.88 Å². The van der Waals surface area contributed by atoms with E-state index in [1.165, 1.54) is 12.8 Å². The third-order valence-electron chi connectivity index (χ3n) is 6.61. The highest BCUT2D eigenvalue weighted by Gasteiger charge is 2.28. The molecule has 8 heteroatoms. The number of nitrogens with zero attached hydrogens (tertiary/aromatic N) is 4. The van der Waals surface area contributed by atoms with Gasteiger partial charge in [-0.3, -0.25) is 4.90 Å². The number of aromatic nitrogens is 2. The Morgan fingerprint density at radius 3 is 2.31 bits per heavy atom. The molecule has 1 saturated carbocycles. The van der Waals surface area contributed by atoms with Crippen LogP contribution in [0.1, 0.15) is 58.3 Å². The van der Waals surface area contributed by atoms with Crippen LogP contribution in [0.2, 0.25) is 5.02 Å². The lowest BCUT2D eigenvalue weighted by atomic mass is 10.2. The third kappa shape index (κ3) is 6.20. The van der Waals surface area contributed by atoms with Crippen LogP contribution in [0.4, 0.5) is 0 Å². The molecule has 6 nitrogen and oxygen atoms in total. The van der Waals surface area contributed by atoms with E-state index in [1.807, 2.05) is 54.6 Å². The molecule has 35 heavy (non-hydrogen) atoms. The highest BCUT2D eigenvalue weighted by atomic mass is 35.5. The van der Waals surface area contributed by atoms with Gasteiger partial charge >= 0.3 is 0 Å². The van der Waals surface area contributed by atoms with E-state index in [0.29, 0.717) is 10.9 Å². The topological polar surface area (TPSA) is 58.6 Å². The summed E-state index contributed by atoms with van der Waals surface area (Å²) in [6.45, 7) is 9.19. The van der Waals surface area contributed by atoms with Crippen LogP contribution in [0.3, 0.4) is 0 Å². The van der Waals surface area contributed by atoms with Crippen LogP contribution in [-0.2, 0) is 11.0 Å². The minimum atomic E-state index is -1.18. The molecule has 2 aromatic carbocycles. The monoisotopic (exact) mass is 514 g/mol. The van der Waals surface area contributed by atoms with Crippen LogP contribution in [0.25, 0.3) is 10.9 Å². The van der Waals surface area contributed by atoms with E-state index in [2.05, 4.69) is 11.8 Å². The molecule has 1 saturated heterocycles. The number of benzene rings is 2. The molecule has 2 fully saturated rings. The molecule has 0 N–H and O–H groups in total. The van der Waals surface area contributed by atoms with Crippen LogP contribution in [0.5, 0.6) is 5.88 Å². The molecule has 2 unspecified atom stereocenters. The van der Waals surface area contributed by atoms with E-state index >= 15 is 0 Å². The van der Waals surface area contributed by atoms with Gasteiger partial charge in [0, 0.05) is 31.2 Å². The zero-order valence-electron chi connectivity index (χ0n) is 20.8. The Labute approximate surface area is 216 Å². The number of para-hydroxylation sites is 1.